The Balaban J connectivity index is 1.92. The summed E-state index contributed by atoms with van der Waals surface area (Å²) in [6, 6.07) is 7.48. The molecule has 1 saturated heterocycles. The van der Waals surface area contributed by atoms with Crippen LogP contribution in [-0.4, -0.2) is 57.3 Å². The number of aliphatic carboxylic acids is 1. The number of carbonyl (C=O) groups is 4. The normalized spacial score (nSPS) is 18.1. The number of benzene rings is 1. The molecule has 29 heavy (non-hydrogen) atoms. The van der Waals surface area contributed by atoms with Crippen LogP contribution >= 0.6 is 11.8 Å². The lowest BCUT2D eigenvalue weighted by molar-refractivity contribution is -0.143. The molecule has 3 atom stereocenters. The monoisotopic (exact) mass is 421 g/mol. The van der Waals surface area contributed by atoms with Gasteiger partial charge in [0, 0.05) is 31.6 Å². The molecule has 1 fully saturated rings. The van der Waals surface area contributed by atoms with Crippen LogP contribution in [-0.2, 0) is 25.6 Å². The standard InChI is InChI=1S/C20H27N3O5S/c1-13(12-29-14(2)24)19(26)23-10-6-9-17(23)18(25)22-21-16(20(27)28)11-15-7-4-3-5-8-15/h3-5,7-8,13,16-17,21H,6,9-12H2,1-2H3,(H,22,25)(H,27,28). The summed E-state index contributed by atoms with van der Waals surface area (Å²) in [4.78, 5) is 49.4. The van der Waals surface area contributed by atoms with Crippen molar-refractivity contribution in [2.75, 3.05) is 12.3 Å². The van der Waals surface area contributed by atoms with Gasteiger partial charge in [0.05, 0.1) is 0 Å². The van der Waals surface area contributed by atoms with E-state index in [0.717, 1.165) is 17.3 Å². The van der Waals surface area contributed by atoms with Gasteiger partial charge in [0.15, 0.2) is 5.12 Å². The third-order valence-corrected chi connectivity index (χ3v) is 5.82. The number of nitrogens with zero attached hydrogens (tertiary/aromatic N) is 1. The molecule has 1 aromatic carbocycles. The molecule has 1 heterocycles. The number of hydrogen-bond donors (Lipinski definition) is 3. The van der Waals surface area contributed by atoms with Gasteiger partial charge in [-0.25, -0.2) is 5.43 Å². The summed E-state index contributed by atoms with van der Waals surface area (Å²) in [6.07, 6.45) is 1.42. The molecule has 0 radical (unpaired) electrons. The minimum atomic E-state index is -1.08. The third-order valence-electron chi connectivity index (χ3n) is 4.75. The first-order valence-corrected chi connectivity index (χ1v) is 10.5. The van der Waals surface area contributed by atoms with E-state index in [4.69, 9.17) is 0 Å². The molecule has 8 nitrogen and oxygen atoms in total. The Morgan fingerprint density at radius 2 is 1.93 bits per heavy atom. The van der Waals surface area contributed by atoms with Crippen LogP contribution < -0.4 is 10.9 Å². The topological polar surface area (TPSA) is 116 Å². The van der Waals surface area contributed by atoms with Gasteiger partial charge in [-0.05, 0) is 18.4 Å². The lowest BCUT2D eigenvalue weighted by atomic mass is 10.1. The van der Waals surface area contributed by atoms with Crippen molar-refractivity contribution in [3.05, 3.63) is 35.9 Å². The fraction of sp³-hybridized carbons (Fsp3) is 0.500. The lowest BCUT2D eigenvalue weighted by Crippen LogP contribution is -2.55. The Bertz CT molecular complexity index is 743. The first kappa shape index (κ1) is 22.9. The Hall–Kier alpha value is -2.39. The van der Waals surface area contributed by atoms with Crippen molar-refractivity contribution in [3.8, 4) is 0 Å². The van der Waals surface area contributed by atoms with Gasteiger partial charge in [0.1, 0.15) is 12.1 Å². The number of carboxylic acids is 1. The molecule has 3 N–H and O–H groups in total. The average Bonchev–Trinajstić information content (AvgIpc) is 3.18. The molecular weight excluding hydrogens is 394 g/mol. The first-order valence-electron chi connectivity index (χ1n) is 9.55. The summed E-state index contributed by atoms with van der Waals surface area (Å²) in [5.41, 5.74) is 5.89. The zero-order valence-corrected chi connectivity index (χ0v) is 17.4. The average molecular weight is 422 g/mol. The Morgan fingerprint density at radius 3 is 2.55 bits per heavy atom. The van der Waals surface area contributed by atoms with E-state index in [1.165, 1.54) is 11.8 Å². The highest BCUT2D eigenvalue weighted by Crippen LogP contribution is 2.21. The molecule has 9 heteroatoms. The number of nitrogens with one attached hydrogen (secondary N) is 2. The number of rotatable bonds is 9. The molecule has 0 spiro atoms. The molecule has 158 valence electrons. The number of carboxylic acid groups (broad SMARTS) is 1. The maximum Gasteiger partial charge on any atom is 0.322 e. The zero-order valence-electron chi connectivity index (χ0n) is 16.6. The van der Waals surface area contributed by atoms with Crippen LogP contribution in [0.15, 0.2) is 30.3 Å². The number of hydrazine groups is 1. The van der Waals surface area contributed by atoms with Crippen LogP contribution in [0.4, 0.5) is 0 Å². The molecule has 1 aromatic rings. The molecule has 0 bridgehead atoms. The van der Waals surface area contributed by atoms with Gasteiger partial charge in [0.25, 0.3) is 5.91 Å². The second kappa shape index (κ2) is 11.0. The minimum Gasteiger partial charge on any atom is -0.480 e. The minimum absolute atomic E-state index is 0.0531. The van der Waals surface area contributed by atoms with Gasteiger partial charge in [-0.2, -0.15) is 0 Å². The van der Waals surface area contributed by atoms with Crippen LogP contribution in [0.1, 0.15) is 32.3 Å². The van der Waals surface area contributed by atoms with E-state index in [2.05, 4.69) is 10.9 Å². The van der Waals surface area contributed by atoms with Gasteiger partial charge in [0.2, 0.25) is 5.91 Å². The van der Waals surface area contributed by atoms with E-state index in [0.29, 0.717) is 25.1 Å². The fourth-order valence-electron chi connectivity index (χ4n) is 3.19. The Labute approximate surface area is 174 Å². The van der Waals surface area contributed by atoms with Crippen LogP contribution in [0.5, 0.6) is 0 Å². The second-order valence-corrected chi connectivity index (χ2v) is 8.30. The summed E-state index contributed by atoms with van der Waals surface area (Å²) in [5.74, 6) is -1.69. The van der Waals surface area contributed by atoms with Gasteiger partial charge < -0.3 is 10.0 Å². The highest BCUT2D eigenvalue weighted by Gasteiger charge is 2.36. The molecule has 0 aromatic heterocycles. The van der Waals surface area contributed by atoms with Crippen LogP contribution in [0.3, 0.4) is 0 Å². The first-order chi connectivity index (χ1) is 13.8. The van der Waals surface area contributed by atoms with E-state index in [9.17, 15) is 24.3 Å². The molecular formula is C20H27N3O5S. The van der Waals surface area contributed by atoms with Crippen molar-refractivity contribution < 1.29 is 24.3 Å². The van der Waals surface area contributed by atoms with Crippen molar-refractivity contribution in [1.82, 2.24) is 15.8 Å². The molecule has 1 aliphatic heterocycles. The number of hydrogen-bond acceptors (Lipinski definition) is 6. The maximum atomic E-state index is 12.7. The number of thioether (sulfide) groups is 1. The van der Waals surface area contributed by atoms with E-state index in [-0.39, 0.29) is 23.4 Å². The Kier molecular flexibility index (Phi) is 8.66. The van der Waals surface area contributed by atoms with Crippen LogP contribution in [0.2, 0.25) is 0 Å². The third kappa shape index (κ3) is 6.86. The van der Waals surface area contributed by atoms with E-state index < -0.39 is 24.0 Å². The quantitative estimate of drug-likeness (QED) is 0.513. The van der Waals surface area contributed by atoms with E-state index in [1.54, 1.807) is 6.92 Å². The highest BCUT2D eigenvalue weighted by molar-refractivity contribution is 8.13. The van der Waals surface area contributed by atoms with Crippen molar-refractivity contribution in [3.63, 3.8) is 0 Å². The van der Waals surface area contributed by atoms with Gasteiger partial charge in [-0.15, -0.1) is 0 Å². The van der Waals surface area contributed by atoms with Gasteiger partial charge >= 0.3 is 5.97 Å². The van der Waals surface area contributed by atoms with Crippen molar-refractivity contribution >= 4 is 34.7 Å². The largest absolute Gasteiger partial charge is 0.480 e. The number of carbonyl (C=O) groups excluding carboxylic acids is 3. The number of likely N-dealkylation sites (tertiary alicyclic amines) is 1. The van der Waals surface area contributed by atoms with Crippen molar-refractivity contribution in [2.45, 2.75) is 45.2 Å². The molecule has 2 amide bonds. The maximum absolute atomic E-state index is 12.7. The molecule has 2 rings (SSSR count). The predicted octanol–water partition coefficient (Wildman–Crippen LogP) is 1.21. The van der Waals surface area contributed by atoms with Gasteiger partial charge in [-0.1, -0.05) is 49.0 Å². The summed E-state index contributed by atoms with van der Waals surface area (Å²) in [7, 11) is 0. The van der Waals surface area contributed by atoms with Crippen molar-refractivity contribution in [2.24, 2.45) is 5.92 Å². The lowest BCUT2D eigenvalue weighted by Gasteiger charge is -2.27. The van der Waals surface area contributed by atoms with E-state index in [1.807, 2.05) is 30.3 Å². The zero-order chi connectivity index (χ0) is 21.4. The Morgan fingerprint density at radius 1 is 1.24 bits per heavy atom. The molecule has 3 unspecified atom stereocenters. The fourth-order valence-corrected chi connectivity index (χ4v) is 3.82. The summed E-state index contributed by atoms with van der Waals surface area (Å²) >= 11 is 1.09. The molecule has 0 saturated carbocycles. The smallest absolute Gasteiger partial charge is 0.322 e. The van der Waals surface area contributed by atoms with E-state index >= 15 is 0 Å². The summed E-state index contributed by atoms with van der Waals surface area (Å²) in [6.45, 7) is 3.66. The molecule has 0 aliphatic carbocycles. The van der Waals surface area contributed by atoms with Crippen molar-refractivity contribution in [1.29, 1.82) is 0 Å². The van der Waals surface area contributed by atoms with Crippen LogP contribution in [0.25, 0.3) is 0 Å². The van der Waals surface area contributed by atoms with Crippen LogP contribution in [0, 0.1) is 5.92 Å². The van der Waals surface area contributed by atoms with Gasteiger partial charge in [-0.3, -0.25) is 24.6 Å². The SMILES string of the molecule is CC(=O)SCC(C)C(=O)N1CCCC1C(=O)NNC(Cc1ccccc1)C(=O)O. The summed E-state index contributed by atoms with van der Waals surface area (Å²) < 4.78 is 0. The number of amides is 2. The predicted molar refractivity (Wildman–Crippen MR) is 110 cm³/mol. The molecule has 1 aliphatic rings. The summed E-state index contributed by atoms with van der Waals surface area (Å²) in [5, 5.41) is 9.37. The highest BCUT2D eigenvalue weighted by atomic mass is 32.2. The second-order valence-electron chi connectivity index (χ2n) is 7.11.